The summed E-state index contributed by atoms with van der Waals surface area (Å²) in [4.78, 5) is 9.02. The standard InChI is InChI=1S/C12H18N4/c1-8(2)11-6-14-9(3)16-7-10(4-5-13)15-12(11)16/h6-8H,4-5,13H2,1-3H3. The van der Waals surface area contributed by atoms with Gasteiger partial charge in [0.05, 0.1) is 5.69 Å². The lowest BCUT2D eigenvalue weighted by Gasteiger charge is -2.07. The predicted molar refractivity (Wildman–Crippen MR) is 64.6 cm³/mol. The highest BCUT2D eigenvalue weighted by molar-refractivity contribution is 5.50. The van der Waals surface area contributed by atoms with Gasteiger partial charge in [0.15, 0.2) is 0 Å². The van der Waals surface area contributed by atoms with Crippen LogP contribution in [0.1, 0.15) is 36.8 Å². The average molecular weight is 218 g/mol. The van der Waals surface area contributed by atoms with Crippen molar-refractivity contribution < 1.29 is 0 Å². The second-order valence-electron chi connectivity index (χ2n) is 4.38. The van der Waals surface area contributed by atoms with Gasteiger partial charge in [-0.3, -0.25) is 4.40 Å². The van der Waals surface area contributed by atoms with Crippen LogP contribution in [0.2, 0.25) is 0 Å². The molecule has 2 rings (SSSR count). The molecule has 86 valence electrons. The van der Waals surface area contributed by atoms with Gasteiger partial charge in [0.1, 0.15) is 11.5 Å². The van der Waals surface area contributed by atoms with E-state index in [-0.39, 0.29) is 0 Å². The van der Waals surface area contributed by atoms with E-state index in [1.165, 1.54) is 5.56 Å². The van der Waals surface area contributed by atoms with E-state index in [0.29, 0.717) is 12.5 Å². The van der Waals surface area contributed by atoms with Crippen molar-refractivity contribution in [1.82, 2.24) is 14.4 Å². The van der Waals surface area contributed by atoms with Crippen molar-refractivity contribution >= 4 is 5.65 Å². The Kier molecular flexibility index (Phi) is 2.92. The van der Waals surface area contributed by atoms with Crippen LogP contribution in [0.25, 0.3) is 5.65 Å². The molecule has 0 radical (unpaired) electrons. The van der Waals surface area contributed by atoms with Crippen molar-refractivity contribution in [3.63, 3.8) is 0 Å². The van der Waals surface area contributed by atoms with Crippen molar-refractivity contribution in [2.75, 3.05) is 6.54 Å². The highest BCUT2D eigenvalue weighted by Gasteiger charge is 2.11. The Labute approximate surface area is 95.5 Å². The second kappa shape index (κ2) is 4.22. The van der Waals surface area contributed by atoms with Gasteiger partial charge in [-0.05, 0) is 19.4 Å². The largest absolute Gasteiger partial charge is 0.330 e. The van der Waals surface area contributed by atoms with Gasteiger partial charge in [-0.2, -0.15) is 0 Å². The zero-order chi connectivity index (χ0) is 11.7. The number of aromatic nitrogens is 3. The minimum atomic E-state index is 0.434. The lowest BCUT2D eigenvalue weighted by molar-refractivity contribution is 0.838. The summed E-state index contributed by atoms with van der Waals surface area (Å²) in [6.45, 7) is 6.94. The molecule has 0 atom stereocenters. The number of hydrogen-bond acceptors (Lipinski definition) is 3. The van der Waals surface area contributed by atoms with Crippen LogP contribution in [0, 0.1) is 6.92 Å². The summed E-state index contributed by atoms with van der Waals surface area (Å²) in [7, 11) is 0. The highest BCUT2D eigenvalue weighted by Crippen LogP contribution is 2.20. The second-order valence-corrected chi connectivity index (χ2v) is 4.38. The molecule has 2 heterocycles. The molecule has 0 fully saturated rings. The molecular weight excluding hydrogens is 200 g/mol. The van der Waals surface area contributed by atoms with Gasteiger partial charge < -0.3 is 5.73 Å². The molecule has 2 aromatic heterocycles. The maximum absolute atomic E-state index is 5.55. The van der Waals surface area contributed by atoms with Gasteiger partial charge in [-0.1, -0.05) is 13.8 Å². The molecule has 0 aliphatic rings. The minimum Gasteiger partial charge on any atom is -0.330 e. The number of nitrogens with zero attached hydrogens (tertiary/aromatic N) is 3. The fraction of sp³-hybridized carbons (Fsp3) is 0.500. The third-order valence-corrected chi connectivity index (χ3v) is 2.78. The molecule has 4 nitrogen and oxygen atoms in total. The molecule has 0 spiro atoms. The van der Waals surface area contributed by atoms with Crippen molar-refractivity contribution in [3.8, 4) is 0 Å². The van der Waals surface area contributed by atoms with Gasteiger partial charge in [0, 0.05) is 24.4 Å². The number of nitrogens with two attached hydrogens (primary N) is 1. The maximum atomic E-state index is 5.55. The lowest BCUT2D eigenvalue weighted by Crippen LogP contribution is -2.02. The zero-order valence-corrected chi connectivity index (χ0v) is 10.1. The SMILES string of the molecule is Cc1ncc(C(C)C)c2nc(CCN)cn12. The highest BCUT2D eigenvalue weighted by atomic mass is 15.1. The molecule has 16 heavy (non-hydrogen) atoms. The fourth-order valence-corrected chi connectivity index (χ4v) is 1.84. The third kappa shape index (κ3) is 1.80. The van der Waals surface area contributed by atoms with Crippen LogP contribution < -0.4 is 5.73 Å². The third-order valence-electron chi connectivity index (χ3n) is 2.78. The van der Waals surface area contributed by atoms with E-state index in [9.17, 15) is 0 Å². The van der Waals surface area contributed by atoms with Crippen molar-refractivity contribution in [3.05, 3.63) is 29.5 Å². The smallest absolute Gasteiger partial charge is 0.143 e. The first-order valence-electron chi connectivity index (χ1n) is 5.67. The summed E-state index contributed by atoms with van der Waals surface area (Å²) in [5.74, 6) is 1.40. The summed E-state index contributed by atoms with van der Waals surface area (Å²) in [5, 5.41) is 0. The van der Waals surface area contributed by atoms with Crippen molar-refractivity contribution in [1.29, 1.82) is 0 Å². The van der Waals surface area contributed by atoms with E-state index in [4.69, 9.17) is 5.73 Å². The van der Waals surface area contributed by atoms with E-state index in [1.807, 2.05) is 19.3 Å². The first kappa shape index (κ1) is 11.1. The molecule has 0 bridgehead atoms. The number of aryl methyl sites for hydroxylation is 1. The minimum absolute atomic E-state index is 0.434. The van der Waals surface area contributed by atoms with Crippen molar-refractivity contribution in [2.24, 2.45) is 5.73 Å². The molecule has 0 amide bonds. The van der Waals surface area contributed by atoms with Gasteiger partial charge >= 0.3 is 0 Å². The Balaban J connectivity index is 2.63. The Morgan fingerprint density at radius 1 is 1.44 bits per heavy atom. The maximum Gasteiger partial charge on any atom is 0.143 e. The molecule has 2 aromatic rings. The molecule has 0 aromatic carbocycles. The molecule has 0 saturated carbocycles. The Hall–Kier alpha value is -1.42. The van der Waals surface area contributed by atoms with Crippen LogP contribution in [0.4, 0.5) is 0 Å². The quantitative estimate of drug-likeness (QED) is 0.852. The van der Waals surface area contributed by atoms with E-state index in [2.05, 4.69) is 28.2 Å². The zero-order valence-electron chi connectivity index (χ0n) is 10.1. The average Bonchev–Trinajstić information content (AvgIpc) is 2.62. The lowest BCUT2D eigenvalue weighted by atomic mass is 10.1. The summed E-state index contributed by atoms with van der Waals surface area (Å²) in [6, 6.07) is 0. The Morgan fingerprint density at radius 3 is 2.81 bits per heavy atom. The van der Waals surface area contributed by atoms with Gasteiger partial charge in [0.25, 0.3) is 0 Å². The summed E-state index contributed by atoms with van der Waals surface area (Å²) >= 11 is 0. The van der Waals surface area contributed by atoms with Gasteiger partial charge in [-0.15, -0.1) is 0 Å². The van der Waals surface area contributed by atoms with Crippen LogP contribution >= 0.6 is 0 Å². The monoisotopic (exact) mass is 218 g/mol. The number of fused-ring (bicyclic) bond motifs is 1. The molecule has 0 saturated heterocycles. The number of imidazole rings is 1. The van der Waals surface area contributed by atoms with Crippen molar-refractivity contribution in [2.45, 2.75) is 33.1 Å². The van der Waals surface area contributed by atoms with Crippen LogP contribution in [0.3, 0.4) is 0 Å². The first-order chi connectivity index (χ1) is 7.63. The molecule has 4 heteroatoms. The molecule has 0 aliphatic carbocycles. The van der Waals surface area contributed by atoms with Crippen LogP contribution in [-0.2, 0) is 6.42 Å². The summed E-state index contributed by atoms with van der Waals surface area (Å²) in [5.41, 5.74) is 8.80. The van der Waals surface area contributed by atoms with Crippen LogP contribution in [-0.4, -0.2) is 20.9 Å². The predicted octanol–water partition coefficient (Wildman–Crippen LogP) is 1.66. The van der Waals surface area contributed by atoms with E-state index < -0.39 is 0 Å². The molecule has 2 N–H and O–H groups in total. The van der Waals surface area contributed by atoms with Gasteiger partial charge in [-0.25, -0.2) is 9.97 Å². The fourth-order valence-electron chi connectivity index (χ4n) is 1.84. The van der Waals surface area contributed by atoms with E-state index >= 15 is 0 Å². The normalized spacial score (nSPS) is 11.6. The number of hydrogen-bond donors (Lipinski definition) is 1. The van der Waals surface area contributed by atoms with Gasteiger partial charge in [0.2, 0.25) is 0 Å². The van der Waals surface area contributed by atoms with Crippen LogP contribution in [0.5, 0.6) is 0 Å². The Bertz CT molecular complexity index is 499. The van der Waals surface area contributed by atoms with E-state index in [1.54, 1.807) is 0 Å². The summed E-state index contributed by atoms with van der Waals surface area (Å²) < 4.78 is 2.06. The molecular formula is C12H18N4. The van der Waals surface area contributed by atoms with Crippen LogP contribution in [0.15, 0.2) is 12.4 Å². The summed E-state index contributed by atoms with van der Waals surface area (Å²) in [6.07, 6.45) is 4.78. The molecule has 0 unspecified atom stereocenters. The topological polar surface area (TPSA) is 56.2 Å². The van der Waals surface area contributed by atoms with E-state index in [0.717, 1.165) is 23.6 Å². The molecule has 0 aliphatic heterocycles. The first-order valence-corrected chi connectivity index (χ1v) is 5.67. The Morgan fingerprint density at radius 2 is 2.19 bits per heavy atom. The number of rotatable bonds is 3.